The molecule has 0 saturated carbocycles. The van der Waals surface area contributed by atoms with Crippen LogP contribution in [0.2, 0.25) is 0 Å². The van der Waals surface area contributed by atoms with Gasteiger partial charge in [-0.15, -0.1) is 11.3 Å². The van der Waals surface area contributed by atoms with Crippen LogP contribution in [-0.2, 0) is 4.74 Å². The van der Waals surface area contributed by atoms with Crippen LogP contribution in [0.4, 0.5) is 5.82 Å². The number of nitrogens with one attached hydrogen (secondary N) is 2. The maximum Gasteiger partial charge on any atom is 0.262 e. The molecule has 4 rings (SSSR count). The zero-order valence-corrected chi connectivity index (χ0v) is 16.5. The molecule has 6 nitrogen and oxygen atoms in total. The van der Waals surface area contributed by atoms with Crippen molar-refractivity contribution in [2.45, 2.75) is 51.5 Å². The Morgan fingerprint density at radius 1 is 1.37 bits per heavy atom. The van der Waals surface area contributed by atoms with E-state index in [1.807, 2.05) is 6.92 Å². The van der Waals surface area contributed by atoms with E-state index in [-0.39, 0.29) is 11.9 Å². The van der Waals surface area contributed by atoms with Gasteiger partial charge in [0.2, 0.25) is 0 Å². The highest BCUT2D eigenvalue weighted by atomic mass is 32.1. The molecule has 0 unspecified atom stereocenters. The maximum atomic E-state index is 12.7. The quantitative estimate of drug-likeness (QED) is 0.738. The number of hydrogen-bond donors (Lipinski definition) is 2. The molecule has 0 radical (unpaired) electrons. The fraction of sp³-hybridized carbons (Fsp3) is 0.550. The van der Waals surface area contributed by atoms with E-state index in [1.165, 1.54) is 37.0 Å². The van der Waals surface area contributed by atoms with E-state index < -0.39 is 0 Å². The summed E-state index contributed by atoms with van der Waals surface area (Å²) in [6, 6.07) is 0.106. The van der Waals surface area contributed by atoms with Crippen LogP contribution in [-0.4, -0.2) is 41.7 Å². The Kier molecular flexibility index (Phi) is 5.69. The Bertz CT molecular complexity index is 855. The maximum absolute atomic E-state index is 12.7. The second kappa shape index (κ2) is 8.35. The average Bonchev–Trinajstić information content (AvgIpc) is 3.31. The first kappa shape index (κ1) is 18.4. The Morgan fingerprint density at radius 3 is 3.07 bits per heavy atom. The molecule has 27 heavy (non-hydrogen) atoms. The highest BCUT2D eigenvalue weighted by Crippen LogP contribution is 2.33. The van der Waals surface area contributed by atoms with E-state index in [1.54, 1.807) is 11.9 Å². The van der Waals surface area contributed by atoms with Crippen molar-refractivity contribution in [1.29, 1.82) is 0 Å². The number of allylic oxidation sites excluding steroid dienone is 1. The number of nitrogens with zero attached hydrogens (tertiary/aromatic N) is 2. The fourth-order valence-electron chi connectivity index (χ4n) is 3.79. The van der Waals surface area contributed by atoms with Crippen LogP contribution in [0.15, 0.2) is 18.0 Å². The summed E-state index contributed by atoms with van der Waals surface area (Å²) in [4.78, 5) is 23.1. The number of amides is 1. The molecule has 1 atom stereocenters. The number of aromatic nitrogens is 2. The first-order valence-corrected chi connectivity index (χ1v) is 10.6. The van der Waals surface area contributed by atoms with Gasteiger partial charge in [-0.25, -0.2) is 9.97 Å². The van der Waals surface area contributed by atoms with Crippen LogP contribution in [0.25, 0.3) is 10.2 Å². The summed E-state index contributed by atoms with van der Waals surface area (Å²) in [6.07, 6.45) is 10.9. The molecule has 144 valence electrons. The van der Waals surface area contributed by atoms with E-state index in [4.69, 9.17) is 4.74 Å². The van der Waals surface area contributed by atoms with Gasteiger partial charge in [-0.1, -0.05) is 11.6 Å². The van der Waals surface area contributed by atoms with Crippen molar-refractivity contribution in [3.63, 3.8) is 0 Å². The summed E-state index contributed by atoms with van der Waals surface area (Å²) < 4.78 is 5.35. The highest BCUT2D eigenvalue weighted by Gasteiger charge is 2.23. The first-order chi connectivity index (χ1) is 13.2. The minimum absolute atomic E-state index is 0.0377. The van der Waals surface area contributed by atoms with Crippen LogP contribution in [0.1, 0.15) is 53.8 Å². The SMILES string of the molecule is Cc1c(C(=O)N[C@H]2CCOC2)sc2ncnc(NCCC3=CCCCC3)c12. The van der Waals surface area contributed by atoms with Gasteiger partial charge in [-0.3, -0.25) is 4.79 Å². The smallest absolute Gasteiger partial charge is 0.262 e. The van der Waals surface area contributed by atoms with Crippen molar-refractivity contribution in [3.8, 4) is 0 Å². The third kappa shape index (κ3) is 4.14. The molecule has 1 aliphatic carbocycles. The van der Waals surface area contributed by atoms with E-state index in [0.29, 0.717) is 13.2 Å². The van der Waals surface area contributed by atoms with Crippen LogP contribution in [0.3, 0.4) is 0 Å². The predicted octanol–water partition coefficient (Wildman–Crippen LogP) is 3.82. The van der Waals surface area contributed by atoms with Gasteiger partial charge in [-0.05, 0) is 51.0 Å². The lowest BCUT2D eigenvalue weighted by molar-refractivity contribution is 0.0933. The third-order valence-corrected chi connectivity index (χ3v) is 6.52. The molecule has 1 amide bonds. The molecule has 1 fully saturated rings. The average molecular weight is 387 g/mol. The lowest BCUT2D eigenvalue weighted by atomic mass is 9.97. The number of thiophene rings is 1. The molecule has 7 heteroatoms. The van der Waals surface area contributed by atoms with Crippen LogP contribution < -0.4 is 10.6 Å². The van der Waals surface area contributed by atoms with Gasteiger partial charge in [-0.2, -0.15) is 0 Å². The van der Waals surface area contributed by atoms with Gasteiger partial charge in [0.15, 0.2) is 0 Å². The van der Waals surface area contributed by atoms with Gasteiger partial charge in [0, 0.05) is 13.2 Å². The van der Waals surface area contributed by atoms with Crippen molar-refractivity contribution in [2.24, 2.45) is 0 Å². The van der Waals surface area contributed by atoms with E-state index in [9.17, 15) is 4.79 Å². The van der Waals surface area contributed by atoms with Crippen LogP contribution in [0.5, 0.6) is 0 Å². The summed E-state index contributed by atoms with van der Waals surface area (Å²) in [5, 5.41) is 7.50. The van der Waals surface area contributed by atoms with Crippen molar-refractivity contribution < 1.29 is 9.53 Å². The van der Waals surface area contributed by atoms with E-state index in [0.717, 1.165) is 45.9 Å². The second-order valence-electron chi connectivity index (χ2n) is 7.28. The van der Waals surface area contributed by atoms with Gasteiger partial charge < -0.3 is 15.4 Å². The number of rotatable bonds is 6. The minimum atomic E-state index is -0.0377. The molecule has 2 N–H and O–H groups in total. The summed E-state index contributed by atoms with van der Waals surface area (Å²) in [6.45, 7) is 4.15. The van der Waals surface area contributed by atoms with Gasteiger partial charge in [0.1, 0.15) is 17.0 Å². The summed E-state index contributed by atoms with van der Waals surface area (Å²) in [7, 11) is 0. The number of carbonyl (C=O) groups is 1. The monoisotopic (exact) mass is 386 g/mol. The number of carbonyl (C=O) groups excluding carboxylic acids is 1. The highest BCUT2D eigenvalue weighted by molar-refractivity contribution is 7.20. The first-order valence-electron chi connectivity index (χ1n) is 9.77. The number of anilines is 1. The molecule has 3 heterocycles. The Morgan fingerprint density at radius 2 is 2.30 bits per heavy atom. The molecular weight excluding hydrogens is 360 g/mol. The number of aryl methyl sites for hydroxylation is 1. The second-order valence-corrected chi connectivity index (χ2v) is 8.28. The Balaban J connectivity index is 1.49. The molecule has 1 saturated heterocycles. The van der Waals surface area contributed by atoms with Gasteiger partial charge in [0.05, 0.1) is 22.9 Å². The van der Waals surface area contributed by atoms with Gasteiger partial charge >= 0.3 is 0 Å². The molecule has 0 aromatic carbocycles. The normalized spacial score (nSPS) is 19.9. The molecular formula is C20H26N4O2S. The zero-order valence-electron chi connectivity index (χ0n) is 15.7. The molecule has 2 aliphatic rings. The summed E-state index contributed by atoms with van der Waals surface area (Å²) >= 11 is 1.44. The molecule has 0 bridgehead atoms. The van der Waals surface area contributed by atoms with Gasteiger partial charge in [0.25, 0.3) is 5.91 Å². The number of ether oxygens (including phenoxy) is 1. The Labute approximate surface area is 163 Å². The summed E-state index contributed by atoms with van der Waals surface area (Å²) in [5.41, 5.74) is 2.49. The number of hydrogen-bond acceptors (Lipinski definition) is 6. The largest absolute Gasteiger partial charge is 0.379 e. The predicted molar refractivity (Wildman–Crippen MR) is 108 cm³/mol. The fourth-order valence-corrected chi connectivity index (χ4v) is 4.85. The standard InChI is InChI=1S/C20H26N4O2S/c1-13-16-18(21-9-7-14-5-3-2-4-6-14)22-12-23-20(16)27-17(13)19(25)24-15-8-10-26-11-15/h5,12,15H,2-4,6-11H2,1H3,(H,24,25)(H,21,22,23)/t15-/m0/s1. The van der Waals surface area contributed by atoms with Crippen LogP contribution in [0, 0.1) is 6.92 Å². The third-order valence-electron chi connectivity index (χ3n) is 5.32. The minimum Gasteiger partial charge on any atom is -0.379 e. The summed E-state index contributed by atoms with van der Waals surface area (Å²) in [5.74, 6) is 0.790. The van der Waals surface area contributed by atoms with Crippen molar-refractivity contribution in [3.05, 3.63) is 28.4 Å². The molecule has 2 aromatic rings. The lowest BCUT2D eigenvalue weighted by Crippen LogP contribution is -2.34. The molecule has 2 aromatic heterocycles. The van der Waals surface area contributed by atoms with E-state index in [2.05, 4.69) is 26.7 Å². The topological polar surface area (TPSA) is 76.1 Å². The Hall–Kier alpha value is -1.99. The van der Waals surface area contributed by atoms with E-state index >= 15 is 0 Å². The van der Waals surface area contributed by atoms with Crippen molar-refractivity contribution in [1.82, 2.24) is 15.3 Å². The lowest BCUT2D eigenvalue weighted by Gasteiger charge is -2.13. The van der Waals surface area contributed by atoms with Crippen molar-refractivity contribution in [2.75, 3.05) is 25.1 Å². The number of fused-ring (bicyclic) bond motifs is 1. The zero-order chi connectivity index (χ0) is 18.6. The van der Waals surface area contributed by atoms with Crippen LogP contribution >= 0.6 is 11.3 Å². The molecule has 0 spiro atoms. The van der Waals surface area contributed by atoms with Crippen molar-refractivity contribution >= 4 is 33.3 Å². The molecule has 1 aliphatic heterocycles.